The minimum absolute atomic E-state index is 0.0190. The number of anilines is 1. The summed E-state index contributed by atoms with van der Waals surface area (Å²) in [5.41, 5.74) is 4.77. The molecule has 3 saturated heterocycles. The third kappa shape index (κ3) is 10.8. The second kappa shape index (κ2) is 17.2. The van der Waals surface area contributed by atoms with E-state index in [2.05, 4.69) is 53.1 Å². The summed E-state index contributed by atoms with van der Waals surface area (Å²) in [6, 6.07) is 10.4. The molecule has 0 atom stereocenters. The molecule has 0 spiro atoms. The number of carbonyl (C=O) groups is 3. The molecule has 49 heavy (non-hydrogen) atoms. The van der Waals surface area contributed by atoms with E-state index in [1.165, 1.54) is 37.7 Å². The van der Waals surface area contributed by atoms with Crippen LogP contribution in [0.25, 0.3) is 0 Å². The van der Waals surface area contributed by atoms with Gasteiger partial charge >= 0.3 is 12.1 Å². The molecular formula is C32H41BrF3N9O4. The van der Waals surface area contributed by atoms with E-state index in [1.807, 2.05) is 30.3 Å². The summed E-state index contributed by atoms with van der Waals surface area (Å²) in [6.45, 7) is 10.5. The smallest absolute Gasteiger partial charge is 0.475 e. The summed E-state index contributed by atoms with van der Waals surface area (Å²) in [7, 11) is 2.20. The van der Waals surface area contributed by atoms with Crippen LogP contribution in [0.4, 0.5) is 19.0 Å². The Kier molecular flexibility index (Phi) is 13.3. The first-order valence-corrected chi connectivity index (χ1v) is 16.9. The Morgan fingerprint density at radius 2 is 1.61 bits per heavy atom. The lowest BCUT2D eigenvalue weighted by molar-refractivity contribution is -0.192. The molecule has 17 heteroatoms. The van der Waals surface area contributed by atoms with Gasteiger partial charge in [-0.2, -0.15) is 23.4 Å². The van der Waals surface area contributed by atoms with Crippen molar-refractivity contribution in [3.05, 3.63) is 51.9 Å². The topological polar surface area (TPSA) is 149 Å². The summed E-state index contributed by atoms with van der Waals surface area (Å²) < 4.78 is 32.3. The van der Waals surface area contributed by atoms with Gasteiger partial charge < -0.3 is 14.9 Å². The summed E-state index contributed by atoms with van der Waals surface area (Å²) in [4.78, 5) is 52.0. The van der Waals surface area contributed by atoms with Gasteiger partial charge in [0.1, 0.15) is 6.07 Å². The van der Waals surface area contributed by atoms with Gasteiger partial charge in [0.05, 0.1) is 10.5 Å². The van der Waals surface area contributed by atoms with E-state index in [1.54, 1.807) is 16.8 Å². The van der Waals surface area contributed by atoms with Gasteiger partial charge in [0.25, 0.3) is 5.91 Å². The zero-order chi connectivity index (χ0) is 35.7. The van der Waals surface area contributed by atoms with Crippen LogP contribution >= 0.6 is 15.9 Å². The molecule has 0 bridgehead atoms. The number of aromatic nitrogens is 2. The number of piperidine rings is 2. The number of carboxylic acid groups (broad SMARTS) is 1. The second-order valence-corrected chi connectivity index (χ2v) is 13.2. The third-order valence-electron chi connectivity index (χ3n) is 9.03. The third-order valence-corrected chi connectivity index (χ3v) is 9.59. The van der Waals surface area contributed by atoms with Gasteiger partial charge in [-0.15, -0.1) is 0 Å². The Morgan fingerprint density at radius 1 is 1.02 bits per heavy atom. The number of hydrazine groups is 1. The molecular weight excluding hydrogens is 711 g/mol. The number of carbonyl (C=O) groups excluding carboxylic acids is 2. The summed E-state index contributed by atoms with van der Waals surface area (Å²) in [5, 5.41) is 18.2. The number of alkyl halides is 3. The standard InChI is InChI=1S/C30H40BrN9O2.C2HF3O2/c1-22(41)38-13-9-26(10-14-38)40(29-27(31)20-33-28(19-32)34-29)35-30(42)24-5-3-23(4-6-24)21-37-11-7-25(8-12-37)39-17-15-36(2)16-18-39;3-2(4,5)1(6)7/h3-6,20,25-26H,7-18,21H2,1-2H3,(H,35,42);(H,6,7). The molecule has 0 saturated carbocycles. The molecule has 2 aromatic rings. The highest BCUT2D eigenvalue weighted by molar-refractivity contribution is 9.10. The maximum atomic E-state index is 13.5. The van der Waals surface area contributed by atoms with E-state index in [9.17, 15) is 28.0 Å². The number of amides is 2. The van der Waals surface area contributed by atoms with Crippen molar-refractivity contribution < 1.29 is 32.7 Å². The zero-order valence-electron chi connectivity index (χ0n) is 27.5. The number of halogens is 4. The fourth-order valence-electron chi connectivity index (χ4n) is 6.16. The molecule has 1 aromatic heterocycles. The predicted molar refractivity (Wildman–Crippen MR) is 177 cm³/mol. The van der Waals surface area contributed by atoms with Crippen molar-refractivity contribution in [2.75, 3.05) is 64.4 Å². The number of hydrogen-bond donors (Lipinski definition) is 2. The lowest BCUT2D eigenvalue weighted by Gasteiger charge is -2.42. The van der Waals surface area contributed by atoms with E-state index < -0.39 is 12.1 Å². The summed E-state index contributed by atoms with van der Waals surface area (Å²) in [5.74, 6) is -2.53. The molecule has 5 rings (SSSR count). The van der Waals surface area contributed by atoms with Crippen molar-refractivity contribution in [1.82, 2.24) is 35.0 Å². The Morgan fingerprint density at radius 3 is 2.14 bits per heavy atom. The highest BCUT2D eigenvalue weighted by Crippen LogP contribution is 2.28. The van der Waals surface area contributed by atoms with Gasteiger partial charge in [-0.3, -0.25) is 29.8 Å². The number of nitrogens with zero attached hydrogens (tertiary/aromatic N) is 8. The SMILES string of the molecule is CC(=O)N1CCC(N(NC(=O)c2ccc(CN3CCC(N4CCN(C)CC4)CC3)cc2)c2nc(C#N)ncc2Br)CC1.O=C(O)C(F)(F)F. The maximum absolute atomic E-state index is 13.5. The first-order valence-electron chi connectivity index (χ1n) is 16.1. The van der Waals surface area contributed by atoms with Gasteiger partial charge in [-0.05, 0) is 79.4 Å². The van der Waals surface area contributed by atoms with Crippen LogP contribution in [0.3, 0.4) is 0 Å². The monoisotopic (exact) mass is 751 g/mol. The Balaban J connectivity index is 0.000000698. The fraction of sp³-hybridized carbons (Fsp3) is 0.562. The van der Waals surface area contributed by atoms with Gasteiger partial charge in [0, 0.05) is 70.5 Å². The van der Waals surface area contributed by atoms with Crippen LogP contribution in [-0.2, 0) is 16.1 Å². The first-order chi connectivity index (χ1) is 23.2. The van der Waals surface area contributed by atoms with E-state index in [0.29, 0.717) is 47.8 Å². The molecule has 0 radical (unpaired) electrons. The number of aliphatic carboxylic acids is 1. The molecule has 1 aromatic carbocycles. The number of hydrogen-bond acceptors (Lipinski definition) is 10. The van der Waals surface area contributed by atoms with Crippen molar-refractivity contribution in [2.45, 2.75) is 57.4 Å². The number of piperazine rings is 1. The van der Waals surface area contributed by atoms with Crippen molar-refractivity contribution in [2.24, 2.45) is 0 Å². The average Bonchev–Trinajstić information content (AvgIpc) is 3.08. The molecule has 4 heterocycles. The highest BCUT2D eigenvalue weighted by atomic mass is 79.9. The molecule has 0 aliphatic carbocycles. The van der Waals surface area contributed by atoms with E-state index >= 15 is 0 Å². The van der Waals surface area contributed by atoms with E-state index in [-0.39, 0.29) is 23.7 Å². The molecule has 3 aliphatic heterocycles. The Labute approximate surface area is 291 Å². The predicted octanol–water partition coefficient (Wildman–Crippen LogP) is 3.12. The largest absolute Gasteiger partial charge is 0.490 e. The molecule has 13 nitrogen and oxygen atoms in total. The molecule has 2 N–H and O–H groups in total. The van der Waals surface area contributed by atoms with Gasteiger partial charge in [0.2, 0.25) is 11.7 Å². The minimum Gasteiger partial charge on any atom is -0.475 e. The van der Waals surface area contributed by atoms with Crippen molar-refractivity contribution in [3.8, 4) is 6.07 Å². The molecule has 266 valence electrons. The molecule has 3 fully saturated rings. The van der Waals surface area contributed by atoms with Crippen LogP contribution in [-0.4, -0.2) is 130 Å². The Bertz CT molecular complexity index is 1480. The highest BCUT2D eigenvalue weighted by Gasteiger charge is 2.38. The number of likely N-dealkylation sites (tertiary alicyclic amines) is 2. The van der Waals surface area contributed by atoms with Gasteiger partial charge in [0.15, 0.2) is 5.82 Å². The first kappa shape index (κ1) is 38.0. The van der Waals surface area contributed by atoms with E-state index in [0.717, 1.165) is 32.7 Å². The van der Waals surface area contributed by atoms with Crippen LogP contribution in [0.15, 0.2) is 34.9 Å². The number of rotatable bonds is 7. The molecule has 2 amide bonds. The van der Waals surface area contributed by atoms with Crippen LogP contribution < -0.4 is 10.4 Å². The molecule has 0 unspecified atom stereocenters. The maximum Gasteiger partial charge on any atom is 0.490 e. The Hall–Kier alpha value is -3.85. The summed E-state index contributed by atoms with van der Waals surface area (Å²) in [6.07, 6.45) is 0.160. The van der Waals surface area contributed by atoms with E-state index in [4.69, 9.17) is 9.90 Å². The quantitative estimate of drug-likeness (QED) is 0.402. The molecule has 3 aliphatic rings. The normalized spacial score (nSPS) is 18.6. The van der Waals surface area contributed by atoms with Crippen molar-refractivity contribution in [3.63, 3.8) is 0 Å². The number of benzene rings is 1. The van der Waals surface area contributed by atoms with Crippen LogP contribution in [0.5, 0.6) is 0 Å². The van der Waals surface area contributed by atoms with Crippen LogP contribution in [0.2, 0.25) is 0 Å². The van der Waals surface area contributed by atoms with Crippen molar-refractivity contribution >= 4 is 39.5 Å². The van der Waals surface area contributed by atoms with Crippen LogP contribution in [0, 0.1) is 11.3 Å². The van der Waals surface area contributed by atoms with Gasteiger partial charge in [-0.25, -0.2) is 9.78 Å². The summed E-state index contributed by atoms with van der Waals surface area (Å²) >= 11 is 3.49. The number of carboxylic acids is 1. The van der Waals surface area contributed by atoms with Crippen LogP contribution in [0.1, 0.15) is 54.4 Å². The number of likely N-dealkylation sites (N-methyl/N-ethyl adjacent to an activating group) is 1. The lowest BCUT2D eigenvalue weighted by atomic mass is 10.0. The zero-order valence-corrected chi connectivity index (χ0v) is 29.1. The number of nitriles is 1. The van der Waals surface area contributed by atoms with Crippen molar-refractivity contribution in [1.29, 1.82) is 5.26 Å². The average molecular weight is 753 g/mol. The second-order valence-electron chi connectivity index (χ2n) is 12.4. The van der Waals surface area contributed by atoms with Gasteiger partial charge in [-0.1, -0.05) is 12.1 Å². The fourth-order valence-corrected chi connectivity index (χ4v) is 6.54. The minimum atomic E-state index is -5.08. The number of nitrogens with one attached hydrogen (secondary N) is 1. The lowest BCUT2D eigenvalue weighted by Crippen LogP contribution is -2.54.